The number of fused-ring (bicyclic) bond motifs is 1. The molecule has 3 rings (SSSR count). The number of benzene rings is 1. The van der Waals surface area contributed by atoms with Gasteiger partial charge in [0.05, 0.1) is 24.3 Å². The molecule has 2 heterocycles. The maximum Gasteiger partial charge on any atom is 0.254 e. The molecular weight excluding hydrogens is 282 g/mol. The zero-order valence-corrected chi connectivity index (χ0v) is 12.0. The number of carbonyl (C=O) groups excluding carboxylic acids is 1. The fraction of sp³-hybridized carbons (Fsp3) is 0.500. The van der Waals surface area contributed by atoms with Crippen molar-refractivity contribution in [1.82, 2.24) is 4.90 Å². The number of ether oxygens (including phenoxy) is 3. The second kappa shape index (κ2) is 5.50. The van der Waals surface area contributed by atoms with Crippen molar-refractivity contribution in [3.8, 4) is 11.5 Å². The van der Waals surface area contributed by atoms with Crippen molar-refractivity contribution in [2.45, 2.75) is 13.0 Å². The van der Waals surface area contributed by atoms with Gasteiger partial charge in [0, 0.05) is 12.1 Å². The van der Waals surface area contributed by atoms with Crippen LogP contribution in [0.15, 0.2) is 12.1 Å². The summed E-state index contributed by atoms with van der Waals surface area (Å²) in [4.78, 5) is 14.4. The van der Waals surface area contributed by atoms with Crippen molar-refractivity contribution in [3.05, 3.63) is 22.7 Å². The summed E-state index contributed by atoms with van der Waals surface area (Å²) in [6.45, 7) is 4.62. The van der Waals surface area contributed by atoms with Gasteiger partial charge in [-0.15, -0.1) is 0 Å². The standard InChI is InChI=1S/C14H16ClNO4/c1-9-8-18-3-2-16(9)14(17)10-6-11(15)13-12(7-10)19-4-5-20-13/h6-7,9H,2-5,8H2,1H3/t9-/m1/s1. The SMILES string of the molecule is C[C@@H]1COCCN1C(=O)c1cc(Cl)c2c(c1)OCCO2. The van der Waals surface area contributed by atoms with E-state index in [9.17, 15) is 4.79 Å². The van der Waals surface area contributed by atoms with Crippen molar-refractivity contribution in [2.24, 2.45) is 0 Å². The molecule has 1 aromatic rings. The van der Waals surface area contributed by atoms with Gasteiger partial charge in [0.25, 0.3) is 5.91 Å². The van der Waals surface area contributed by atoms with Gasteiger partial charge in [-0.05, 0) is 19.1 Å². The van der Waals surface area contributed by atoms with Crippen LogP contribution in [0, 0.1) is 0 Å². The molecular formula is C14H16ClNO4. The van der Waals surface area contributed by atoms with E-state index >= 15 is 0 Å². The van der Waals surface area contributed by atoms with Crippen molar-refractivity contribution in [2.75, 3.05) is 33.0 Å². The van der Waals surface area contributed by atoms with Crippen molar-refractivity contribution in [1.29, 1.82) is 0 Å². The van der Waals surface area contributed by atoms with Crippen molar-refractivity contribution >= 4 is 17.5 Å². The van der Waals surface area contributed by atoms with E-state index in [4.69, 9.17) is 25.8 Å². The van der Waals surface area contributed by atoms with Crippen LogP contribution in [0.3, 0.4) is 0 Å². The molecule has 0 radical (unpaired) electrons. The van der Waals surface area contributed by atoms with E-state index in [1.54, 1.807) is 17.0 Å². The highest BCUT2D eigenvalue weighted by Crippen LogP contribution is 2.38. The van der Waals surface area contributed by atoms with Crippen LogP contribution in [-0.2, 0) is 4.74 Å². The van der Waals surface area contributed by atoms with Crippen LogP contribution in [0.5, 0.6) is 11.5 Å². The van der Waals surface area contributed by atoms with Crippen LogP contribution in [0.2, 0.25) is 5.02 Å². The summed E-state index contributed by atoms with van der Waals surface area (Å²) in [7, 11) is 0. The Balaban J connectivity index is 1.89. The Kier molecular flexibility index (Phi) is 3.72. The summed E-state index contributed by atoms with van der Waals surface area (Å²) in [6, 6.07) is 3.40. The lowest BCUT2D eigenvalue weighted by Crippen LogP contribution is -2.47. The van der Waals surface area contributed by atoms with Gasteiger partial charge in [0.15, 0.2) is 11.5 Å². The molecule has 0 saturated carbocycles. The van der Waals surface area contributed by atoms with Gasteiger partial charge in [0.1, 0.15) is 13.2 Å². The molecule has 1 aromatic carbocycles. The van der Waals surface area contributed by atoms with Gasteiger partial charge < -0.3 is 19.1 Å². The summed E-state index contributed by atoms with van der Waals surface area (Å²) in [5.41, 5.74) is 0.521. The predicted octanol–water partition coefficient (Wildman–Crippen LogP) is 1.97. The lowest BCUT2D eigenvalue weighted by Gasteiger charge is -2.33. The molecule has 6 heteroatoms. The number of nitrogens with zero attached hydrogens (tertiary/aromatic N) is 1. The molecule has 20 heavy (non-hydrogen) atoms. The van der Waals surface area contributed by atoms with E-state index in [0.29, 0.717) is 55.1 Å². The zero-order chi connectivity index (χ0) is 14.1. The van der Waals surface area contributed by atoms with E-state index < -0.39 is 0 Å². The van der Waals surface area contributed by atoms with Gasteiger partial charge in [0.2, 0.25) is 0 Å². The summed E-state index contributed by atoms with van der Waals surface area (Å²) in [5.74, 6) is 0.997. The van der Waals surface area contributed by atoms with E-state index in [2.05, 4.69) is 0 Å². The largest absolute Gasteiger partial charge is 0.486 e. The Labute approximate surface area is 122 Å². The highest BCUT2D eigenvalue weighted by molar-refractivity contribution is 6.32. The van der Waals surface area contributed by atoms with E-state index in [1.807, 2.05) is 6.92 Å². The molecule has 1 amide bonds. The van der Waals surface area contributed by atoms with Crippen LogP contribution in [-0.4, -0.2) is 49.8 Å². The highest BCUT2D eigenvalue weighted by atomic mass is 35.5. The first kappa shape index (κ1) is 13.5. The molecule has 0 spiro atoms. The summed E-state index contributed by atoms with van der Waals surface area (Å²) in [6.07, 6.45) is 0. The average Bonchev–Trinajstić information content (AvgIpc) is 2.47. The first-order chi connectivity index (χ1) is 9.66. The molecule has 0 N–H and O–H groups in total. The number of halogens is 1. The lowest BCUT2D eigenvalue weighted by molar-refractivity contribution is 0.00356. The zero-order valence-electron chi connectivity index (χ0n) is 11.2. The number of hydrogen-bond donors (Lipinski definition) is 0. The first-order valence-corrected chi connectivity index (χ1v) is 7.02. The minimum Gasteiger partial charge on any atom is -0.486 e. The lowest BCUT2D eigenvalue weighted by atomic mass is 10.1. The third kappa shape index (κ3) is 2.43. The fourth-order valence-electron chi connectivity index (χ4n) is 2.43. The first-order valence-electron chi connectivity index (χ1n) is 6.64. The number of amides is 1. The molecule has 2 aliphatic heterocycles. The fourth-order valence-corrected chi connectivity index (χ4v) is 2.69. The van der Waals surface area contributed by atoms with Gasteiger partial charge in [-0.25, -0.2) is 0 Å². The minimum atomic E-state index is -0.0559. The second-order valence-corrected chi connectivity index (χ2v) is 5.31. The molecule has 1 fully saturated rings. The maximum absolute atomic E-state index is 12.6. The smallest absolute Gasteiger partial charge is 0.254 e. The van der Waals surface area contributed by atoms with Crippen molar-refractivity contribution in [3.63, 3.8) is 0 Å². The number of morpholine rings is 1. The number of rotatable bonds is 1. The third-order valence-corrected chi connectivity index (χ3v) is 3.75. The molecule has 0 aliphatic carbocycles. The van der Waals surface area contributed by atoms with Gasteiger partial charge in [-0.3, -0.25) is 4.79 Å². The monoisotopic (exact) mass is 297 g/mol. The van der Waals surface area contributed by atoms with E-state index in [1.165, 1.54) is 0 Å². The van der Waals surface area contributed by atoms with Crippen LogP contribution >= 0.6 is 11.6 Å². The number of carbonyl (C=O) groups is 1. The Morgan fingerprint density at radius 2 is 2.10 bits per heavy atom. The average molecular weight is 298 g/mol. The number of hydrogen-bond acceptors (Lipinski definition) is 4. The molecule has 0 bridgehead atoms. The Hall–Kier alpha value is -1.46. The van der Waals surface area contributed by atoms with Crippen LogP contribution in [0.1, 0.15) is 17.3 Å². The van der Waals surface area contributed by atoms with Crippen LogP contribution in [0.4, 0.5) is 0 Å². The molecule has 2 aliphatic rings. The van der Waals surface area contributed by atoms with Gasteiger partial charge >= 0.3 is 0 Å². The van der Waals surface area contributed by atoms with E-state index in [0.717, 1.165) is 0 Å². The molecule has 1 saturated heterocycles. The topological polar surface area (TPSA) is 48.0 Å². The maximum atomic E-state index is 12.6. The third-order valence-electron chi connectivity index (χ3n) is 3.47. The molecule has 5 nitrogen and oxygen atoms in total. The van der Waals surface area contributed by atoms with Gasteiger partial charge in [-0.2, -0.15) is 0 Å². The molecule has 0 aromatic heterocycles. The quantitative estimate of drug-likeness (QED) is 0.795. The van der Waals surface area contributed by atoms with E-state index in [-0.39, 0.29) is 11.9 Å². The predicted molar refractivity (Wildman–Crippen MR) is 73.8 cm³/mol. The highest BCUT2D eigenvalue weighted by Gasteiger charge is 2.27. The minimum absolute atomic E-state index is 0.0559. The molecule has 0 unspecified atom stereocenters. The molecule has 108 valence electrons. The summed E-state index contributed by atoms with van der Waals surface area (Å²) >= 11 is 6.17. The van der Waals surface area contributed by atoms with Gasteiger partial charge in [-0.1, -0.05) is 11.6 Å². The second-order valence-electron chi connectivity index (χ2n) is 4.90. The summed E-state index contributed by atoms with van der Waals surface area (Å²) in [5, 5.41) is 0.409. The Morgan fingerprint density at radius 3 is 2.90 bits per heavy atom. The Bertz CT molecular complexity index is 534. The van der Waals surface area contributed by atoms with Crippen LogP contribution in [0.25, 0.3) is 0 Å². The molecule has 1 atom stereocenters. The van der Waals surface area contributed by atoms with Crippen molar-refractivity contribution < 1.29 is 19.0 Å². The normalized spacial score (nSPS) is 21.7. The Morgan fingerprint density at radius 1 is 1.30 bits per heavy atom. The summed E-state index contributed by atoms with van der Waals surface area (Å²) < 4.78 is 16.3. The van der Waals surface area contributed by atoms with Crippen LogP contribution < -0.4 is 9.47 Å².